The smallest absolute Gasteiger partial charge is 0.0563 e. The van der Waals surface area contributed by atoms with Gasteiger partial charge in [0.15, 0.2) is 0 Å². The molecule has 0 bridgehead atoms. The van der Waals surface area contributed by atoms with Crippen LogP contribution < -0.4 is 0 Å². The molecule has 3 rings (SSSR count). The number of likely N-dealkylation sites (tertiary alicyclic amines) is 1. The van der Waals surface area contributed by atoms with Gasteiger partial charge in [0.05, 0.1) is 5.37 Å². The van der Waals surface area contributed by atoms with Crippen molar-refractivity contribution in [2.24, 2.45) is 5.92 Å². The molecule has 0 N–H and O–H groups in total. The van der Waals surface area contributed by atoms with E-state index in [-0.39, 0.29) is 0 Å². The van der Waals surface area contributed by atoms with Crippen LogP contribution in [0.1, 0.15) is 46.0 Å². The highest BCUT2D eigenvalue weighted by Crippen LogP contribution is 2.49. The number of fused-ring (bicyclic) bond motifs is 1. The van der Waals surface area contributed by atoms with E-state index in [1.807, 2.05) is 0 Å². The maximum atomic E-state index is 2.97. The second kappa shape index (κ2) is 5.34. The van der Waals surface area contributed by atoms with Crippen LogP contribution in [0.3, 0.4) is 0 Å². The van der Waals surface area contributed by atoms with E-state index in [0.29, 0.717) is 0 Å². The standard InChI is InChI=1S/C14H25NS2/c1-3-5-11-10(2)14-12(7-9-17-14)15(11)13-6-4-8-16-13/h10-14H,3-9H2,1-2H3. The Hall–Kier alpha value is 0.660. The van der Waals surface area contributed by atoms with Gasteiger partial charge in [0, 0.05) is 17.3 Å². The van der Waals surface area contributed by atoms with Gasteiger partial charge >= 0.3 is 0 Å². The first kappa shape index (κ1) is 12.7. The molecule has 0 saturated carbocycles. The molecule has 3 aliphatic rings. The van der Waals surface area contributed by atoms with E-state index < -0.39 is 0 Å². The number of thioether (sulfide) groups is 2. The van der Waals surface area contributed by atoms with Gasteiger partial charge in [-0.05, 0) is 43.1 Å². The molecule has 3 fully saturated rings. The predicted octanol–water partition coefficient (Wildman–Crippen LogP) is 3.83. The summed E-state index contributed by atoms with van der Waals surface area (Å²) in [5.41, 5.74) is 0. The van der Waals surface area contributed by atoms with Crippen molar-refractivity contribution in [3.63, 3.8) is 0 Å². The van der Waals surface area contributed by atoms with Crippen molar-refractivity contribution in [3.05, 3.63) is 0 Å². The summed E-state index contributed by atoms with van der Waals surface area (Å²) in [6.45, 7) is 4.88. The lowest BCUT2D eigenvalue weighted by Crippen LogP contribution is -2.42. The molecule has 0 radical (unpaired) electrons. The monoisotopic (exact) mass is 271 g/mol. The number of hydrogen-bond donors (Lipinski definition) is 0. The minimum atomic E-state index is 0.864. The molecule has 0 aromatic rings. The van der Waals surface area contributed by atoms with Crippen LogP contribution in [0.2, 0.25) is 0 Å². The van der Waals surface area contributed by atoms with Crippen molar-refractivity contribution in [1.29, 1.82) is 0 Å². The molecular weight excluding hydrogens is 246 g/mol. The van der Waals surface area contributed by atoms with Gasteiger partial charge in [0.2, 0.25) is 0 Å². The summed E-state index contributed by atoms with van der Waals surface area (Å²) < 4.78 is 0. The molecule has 3 heteroatoms. The van der Waals surface area contributed by atoms with Gasteiger partial charge in [0.25, 0.3) is 0 Å². The summed E-state index contributed by atoms with van der Waals surface area (Å²) in [5.74, 6) is 3.74. The molecule has 17 heavy (non-hydrogen) atoms. The Morgan fingerprint density at radius 3 is 2.76 bits per heavy atom. The van der Waals surface area contributed by atoms with Crippen LogP contribution in [0, 0.1) is 5.92 Å². The zero-order valence-electron chi connectivity index (χ0n) is 11.1. The topological polar surface area (TPSA) is 3.24 Å². The summed E-state index contributed by atoms with van der Waals surface area (Å²) in [7, 11) is 0. The Labute approximate surface area is 114 Å². The van der Waals surface area contributed by atoms with Crippen LogP contribution in [-0.2, 0) is 0 Å². The molecule has 0 spiro atoms. The van der Waals surface area contributed by atoms with Gasteiger partial charge in [-0.2, -0.15) is 11.8 Å². The van der Waals surface area contributed by atoms with E-state index in [0.717, 1.165) is 28.6 Å². The van der Waals surface area contributed by atoms with Crippen LogP contribution in [0.4, 0.5) is 0 Å². The van der Waals surface area contributed by atoms with Crippen LogP contribution in [-0.4, -0.2) is 39.1 Å². The van der Waals surface area contributed by atoms with Gasteiger partial charge in [-0.3, -0.25) is 4.90 Å². The molecule has 98 valence electrons. The minimum absolute atomic E-state index is 0.864. The van der Waals surface area contributed by atoms with Crippen molar-refractivity contribution in [2.45, 2.75) is 68.7 Å². The molecule has 0 amide bonds. The first-order valence-corrected chi connectivity index (χ1v) is 9.43. The van der Waals surface area contributed by atoms with Crippen LogP contribution >= 0.6 is 23.5 Å². The highest BCUT2D eigenvalue weighted by atomic mass is 32.2. The number of hydrogen-bond acceptors (Lipinski definition) is 3. The first-order chi connectivity index (χ1) is 8.33. The van der Waals surface area contributed by atoms with E-state index in [9.17, 15) is 0 Å². The molecule has 0 aliphatic carbocycles. The predicted molar refractivity (Wildman–Crippen MR) is 79.8 cm³/mol. The van der Waals surface area contributed by atoms with E-state index in [1.165, 1.54) is 43.6 Å². The Balaban J connectivity index is 1.80. The number of rotatable bonds is 3. The molecule has 3 saturated heterocycles. The second-order valence-electron chi connectivity index (χ2n) is 5.82. The highest BCUT2D eigenvalue weighted by molar-refractivity contribution is 8.00. The summed E-state index contributed by atoms with van der Waals surface area (Å²) in [6, 6.07) is 1.81. The minimum Gasteiger partial charge on any atom is -0.284 e. The Morgan fingerprint density at radius 1 is 1.18 bits per heavy atom. The molecule has 5 unspecified atom stereocenters. The maximum absolute atomic E-state index is 2.97. The van der Waals surface area contributed by atoms with Gasteiger partial charge in [-0.15, -0.1) is 11.8 Å². The first-order valence-electron chi connectivity index (χ1n) is 7.33. The van der Waals surface area contributed by atoms with Gasteiger partial charge in [-0.1, -0.05) is 20.3 Å². The lowest BCUT2D eigenvalue weighted by Gasteiger charge is -2.35. The van der Waals surface area contributed by atoms with Crippen molar-refractivity contribution < 1.29 is 0 Å². The van der Waals surface area contributed by atoms with Crippen LogP contribution in [0.5, 0.6) is 0 Å². The fourth-order valence-corrected chi connectivity index (χ4v) is 7.15. The Morgan fingerprint density at radius 2 is 2.06 bits per heavy atom. The summed E-state index contributed by atoms with van der Waals surface area (Å²) in [6.07, 6.45) is 7.13. The average molecular weight is 271 g/mol. The summed E-state index contributed by atoms with van der Waals surface area (Å²) >= 11 is 4.50. The van der Waals surface area contributed by atoms with Crippen LogP contribution in [0.15, 0.2) is 0 Å². The van der Waals surface area contributed by atoms with Crippen molar-refractivity contribution in [2.75, 3.05) is 11.5 Å². The fraction of sp³-hybridized carbons (Fsp3) is 1.00. The van der Waals surface area contributed by atoms with Crippen molar-refractivity contribution in [3.8, 4) is 0 Å². The third-order valence-electron chi connectivity index (χ3n) is 4.82. The van der Waals surface area contributed by atoms with E-state index >= 15 is 0 Å². The molecule has 5 atom stereocenters. The van der Waals surface area contributed by atoms with E-state index in [2.05, 4.69) is 42.3 Å². The summed E-state index contributed by atoms with van der Waals surface area (Å²) in [5, 5.41) is 1.82. The molecule has 3 heterocycles. The molecular formula is C14H25NS2. The van der Waals surface area contributed by atoms with Crippen LogP contribution in [0.25, 0.3) is 0 Å². The second-order valence-corrected chi connectivity index (χ2v) is 8.39. The lowest BCUT2D eigenvalue weighted by molar-refractivity contribution is 0.155. The van der Waals surface area contributed by atoms with Crippen molar-refractivity contribution >= 4 is 23.5 Å². The van der Waals surface area contributed by atoms with Gasteiger partial charge in [-0.25, -0.2) is 0 Å². The quantitative estimate of drug-likeness (QED) is 0.768. The van der Waals surface area contributed by atoms with Gasteiger partial charge in [0.1, 0.15) is 0 Å². The summed E-state index contributed by atoms with van der Waals surface area (Å²) in [4.78, 5) is 2.97. The van der Waals surface area contributed by atoms with Gasteiger partial charge < -0.3 is 0 Å². The SMILES string of the molecule is CCCC1C(C)C2SCCC2N1C1CCCS1. The van der Waals surface area contributed by atoms with E-state index in [1.54, 1.807) is 0 Å². The van der Waals surface area contributed by atoms with Crippen molar-refractivity contribution in [1.82, 2.24) is 4.90 Å². The lowest BCUT2D eigenvalue weighted by atomic mass is 9.97. The molecule has 0 aromatic heterocycles. The zero-order valence-corrected chi connectivity index (χ0v) is 12.7. The highest BCUT2D eigenvalue weighted by Gasteiger charge is 2.51. The Bertz CT molecular complexity index is 265. The molecule has 0 aromatic carbocycles. The molecule has 3 aliphatic heterocycles. The van der Waals surface area contributed by atoms with E-state index in [4.69, 9.17) is 0 Å². The Kier molecular flexibility index (Phi) is 3.98. The normalized spacial score (nSPS) is 46.6. The molecule has 1 nitrogen and oxygen atoms in total. The third kappa shape index (κ3) is 2.17. The zero-order chi connectivity index (χ0) is 11.8. The third-order valence-corrected chi connectivity index (χ3v) is 7.80. The maximum Gasteiger partial charge on any atom is 0.0563 e. The largest absolute Gasteiger partial charge is 0.284 e. The average Bonchev–Trinajstić information content (AvgIpc) is 3.00. The fourth-order valence-electron chi connectivity index (χ4n) is 4.09. The number of nitrogens with zero attached hydrogens (tertiary/aromatic N) is 1.